The summed E-state index contributed by atoms with van der Waals surface area (Å²) in [6, 6.07) is 0. The van der Waals surface area contributed by atoms with E-state index in [2.05, 4.69) is 24.0 Å². The van der Waals surface area contributed by atoms with Gasteiger partial charge in [-0.2, -0.15) is 0 Å². The number of nitrogens with zero attached hydrogens (tertiary/aromatic N) is 3. The van der Waals surface area contributed by atoms with Gasteiger partial charge in [-0.05, 0) is 5.92 Å². The van der Waals surface area contributed by atoms with Crippen LogP contribution in [0.2, 0.25) is 0 Å². The minimum atomic E-state index is 0.616. The van der Waals surface area contributed by atoms with E-state index in [9.17, 15) is 0 Å². The van der Waals surface area contributed by atoms with Crippen molar-refractivity contribution < 1.29 is 0 Å². The number of nitrogens with two attached hydrogens (primary N) is 1. The molecule has 0 aliphatic rings. The first-order valence-corrected chi connectivity index (χ1v) is 4.30. The minimum Gasteiger partial charge on any atom is -0.329 e. The molecule has 0 aliphatic heterocycles. The van der Waals surface area contributed by atoms with E-state index >= 15 is 0 Å². The summed E-state index contributed by atoms with van der Waals surface area (Å²) < 4.78 is 2.01. The fraction of sp³-hybridized carbons (Fsp3) is 0.750. The van der Waals surface area contributed by atoms with Crippen molar-refractivity contribution in [3.8, 4) is 0 Å². The summed E-state index contributed by atoms with van der Waals surface area (Å²) >= 11 is 0. The van der Waals surface area contributed by atoms with Gasteiger partial charge in [0.2, 0.25) is 0 Å². The van der Waals surface area contributed by atoms with Crippen molar-refractivity contribution in [1.29, 1.82) is 0 Å². The summed E-state index contributed by atoms with van der Waals surface area (Å²) in [5.41, 5.74) is 5.44. The molecule has 1 aromatic heterocycles. The predicted octanol–water partition coefficient (Wildman–Crippen LogP) is 0.435. The van der Waals surface area contributed by atoms with E-state index in [0.717, 1.165) is 18.8 Å². The highest BCUT2D eigenvalue weighted by Gasteiger charge is 2.04. The highest BCUT2D eigenvalue weighted by atomic mass is 15.3. The quantitative estimate of drug-likeness (QED) is 0.709. The minimum absolute atomic E-state index is 0.616. The second-order valence-electron chi connectivity index (χ2n) is 3.33. The Kier molecular flexibility index (Phi) is 3.22. The molecule has 1 aromatic rings. The molecular formula is C8H16N4. The van der Waals surface area contributed by atoms with E-state index in [1.54, 1.807) is 6.33 Å². The van der Waals surface area contributed by atoms with Gasteiger partial charge in [0.25, 0.3) is 0 Å². The number of aromatic nitrogens is 3. The standard InChI is InChI=1S/C8H16N4/c1-7(2)5-8-11-10-6-12(8)4-3-9/h6-7H,3-5,9H2,1-2H3. The van der Waals surface area contributed by atoms with Crippen molar-refractivity contribution in [2.75, 3.05) is 6.54 Å². The molecule has 12 heavy (non-hydrogen) atoms. The van der Waals surface area contributed by atoms with Gasteiger partial charge in [0.1, 0.15) is 12.2 Å². The Morgan fingerprint density at radius 2 is 2.33 bits per heavy atom. The lowest BCUT2D eigenvalue weighted by Gasteiger charge is -2.05. The molecule has 0 unspecified atom stereocenters. The summed E-state index contributed by atoms with van der Waals surface area (Å²) in [7, 11) is 0. The second-order valence-corrected chi connectivity index (χ2v) is 3.33. The van der Waals surface area contributed by atoms with Gasteiger partial charge in [-0.3, -0.25) is 0 Å². The zero-order chi connectivity index (χ0) is 8.97. The Morgan fingerprint density at radius 1 is 1.58 bits per heavy atom. The van der Waals surface area contributed by atoms with Crippen molar-refractivity contribution in [2.45, 2.75) is 26.8 Å². The highest BCUT2D eigenvalue weighted by molar-refractivity contribution is 4.86. The SMILES string of the molecule is CC(C)Cc1nncn1CCN. The first-order chi connectivity index (χ1) is 5.74. The van der Waals surface area contributed by atoms with Crippen LogP contribution in [0.5, 0.6) is 0 Å². The van der Waals surface area contributed by atoms with Gasteiger partial charge in [-0.1, -0.05) is 13.8 Å². The average Bonchev–Trinajstić information content (AvgIpc) is 2.37. The van der Waals surface area contributed by atoms with Crippen LogP contribution < -0.4 is 5.73 Å². The molecule has 0 spiro atoms. The van der Waals surface area contributed by atoms with E-state index in [-0.39, 0.29) is 0 Å². The lowest BCUT2D eigenvalue weighted by Crippen LogP contribution is -2.13. The van der Waals surface area contributed by atoms with E-state index in [0.29, 0.717) is 12.5 Å². The summed E-state index contributed by atoms with van der Waals surface area (Å²) in [6.07, 6.45) is 2.71. The lowest BCUT2D eigenvalue weighted by atomic mass is 10.1. The van der Waals surface area contributed by atoms with Gasteiger partial charge in [-0.25, -0.2) is 0 Å². The molecule has 0 bridgehead atoms. The molecular weight excluding hydrogens is 152 g/mol. The molecule has 0 fully saturated rings. The number of hydrogen-bond donors (Lipinski definition) is 1. The molecule has 0 aromatic carbocycles. The highest BCUT2D eigenvalue weighted by Crippen LogP contribution is 2.03. The Hall–Kier alpha value is -0.900. The fourth-order valence-electron chi connectivity index (χ4n) is 1.13. The molecule has 68 valence electrons. The van der Waals surface area contributed by atoms with Crippen molar-refractivity contribution in [2.24, 2.45) is 11.7 Å². The largest absolute Gasteiger partial charge is 0.329 e. The van der Waals surface area contributed by atoms with Gasteiger partial charge in [-0.15, -0.1) is 10.2 Å². The molecule has 0 aliphatic carbocycles. The second kappa shape index (κ2) is 4.21. The summed E-state index contributed by atoms with van der Waals surface area (Å²) in [5.74, 6) is 1.65. The van der Waals surface area contributed by atoms with Gasteiger partial charge in [0.15, 0.2) is 0 Å². The van der Waals surface area contributed by atoms with Crippen LogP contribution in [0.4, 0.5) is 0 Å². The lowest BCUT2D eigenvalue weighted by molar-refractivity contribution is 0.574. The molecule has 0 radical (unpaired) electrons. The monoisotopic (exact) mass is 168 g/mol. The number of rotatable bonds is 4. The summed E-state index contributed by atoms with van der Waals surface area (Å²) in [5, 5.41) is 7.88. The van der Waals surface area contributed by atoms with Crippen molar-refractivity contribution in [1.82, 2.24) is 14.8 Å². The van der Waals surface area contributed by atoms with E-state index in [1.165, 1.54) is 0 Å². The van der Waals surface area contributed by atoms with Crippen LogP contribution in [-0.2, 0) is 13.0 Å². The van der Waals surface area contributed by atoms with Crippen molar-refractivity contribution in [3.63, 3.8) is 0 Å². The van der Waals surface area contributed by atoms with Crippen LogP contribution in [0.3, 0.4) is 0 Å². The maximum atomic E-state index is 5.44. The summed E-state index contributed by atoms with van der Waals surface area (Å²) in [4.78, 5) is 0. The third kappa shape index (κ3) is 2.30. The first-order valence-electron chi connectivity index (χ1n) is 4.30. The van der Waals surface area contributed by atoms with E-state index in [4.69, 9.17) is 5.73 Å². The molecule has 0 amide bonds. The predicted molar refractivity (Wildman–Crippen MR) is 47.6 cm³/mol. The molecule has 0 atom stereocenters. The molecule has 2 N–H and O–H groups in total. The van der Waals surface area contributed by atoms with Crippen molar-refractivity contribution >= 4 is 0 Å². The molecule has 4 heteroatoms. The molecule has 1 heterocycles. The maximum Gasteiger partial charge on any atom is 0.133 e. The fourth-order valence-corrected chi connectivity index (χ4v) is 1.13. The maximum absolute atomic E-state index is 5.44. The average molecular weight is 168 g/mol. The van der Waals surface area contributed by atoms with Gasteiger partial charge in [0.05, 0.1) is 0 Å². The zero-order valence-electron chi connectivity index (χ0n) is 7.70. The van der Waals surface area contributed by atoms with Crippen molar-refractivity contribution in [3.05, 3.63) is 12.2 Å². The first kappa shape index (κ1) is 9.19. The van der Waals surface area contributed by atoms with E-state index in [1.807, 2.05) is 4.57 Å². The molecule has 1 rings (SSSR count). The Balaban J connectivity index is 2.63. The van der Waals surface area contributed by atoms with E-state index < -0.39 is 0 Å². The van der Waals surface area contributed by atoms with Crippen LogP contribution in [0, 0.1) is 5.92 Å². The zero-order valence-corrected chi connectivity index (χ0v) is 7.70. The van der Waals surface area contributed by atoms with Crippen LogP contribution in [-0.4, -0.2) is 21.3 Å². The molecule has 0 saturated carbocycles. The smallest absolute Gasteiger partial charge is 0.133 e. The molecule has 0 saturated heterocycles. The van der Waals surface area contributed by atoms with Crippen LogP contribution in [0.25, 0.3) is 0 Å². The number of hydrogen-bond acceptors (Lipinski definition) is 3. The van der Waals surface area contributed by atoms with Crippen LogP contribution in [0.1, 0.15) is 19.7 Å². The van der Waals surface area contributed by atoms with Crippen LogP contribution >= 0.6 is 0 Å². The molecule has 4 nitrogen and oxygen atoms in total. The van der Waals surface area contributed by atoms with Gasteiger partial charge >= 0.3 is 0 Å². The van der Waals surface area contributed by atoms with Gasteiger partial charge < -0.3 is 10.3 Å². The Bertz CT molecular complexity index is 229. The third-order valence-electron chi connectivity index (χ3n) is 1.66. The summed E-state index contributed by atoms with van der Waals surface area (Å²) in [6.45, 7) is 5.79. The van der Waals surface area contributed by atoms with Crippen LogP contribution in [0.15, 0.2) is 6.33 Å². The topological polar surface area (TPSA) is 56.7 Å². The van der Waals surface area contributed by atoms with Gasteiger partial charge in [0, 0.05) is 19.5 Å². The Morgan fingerprint density at radius 3 is 2.92 bits per heavy atom. The third-order valence-corrected chi connectivity index (χ3v) is 1.66. The Labute approximate surface area is 72.8 Å². The normalized spacial score (nSPS) is 11.0.